The van der Waals surface area contributed by atoms with Crippen molar-refractivity contribution in [3.8, 4) is 0 Å². The lowest BCUT2D eigenvalue weighted by Gasteiger charge is -2.12. The van der Waals surface area contributed by atoms with Gasteiger partial charge in [0.2, 0.25) is 0 Å². The molecule has 1 aromatic rings. The number of nitrogens with one attached hydrogen (secondary N) is 1. The average Bonchev–Trinajstić information content (AvgIpc) is 2.16. The van der Waals surface area contributed by atoms with Crippen LogP contribution in [0.3, 0.4) is 0 Å². The van der Waals surface area contributed by atoms with Gasteiger partial charge in [0.05, 0.1) is 0 Å². The first-order valence-electron chi connectivity index (χ1n) is 4.70. The molecule has 0 amide bonds. The summed E-state index contributed by atoms with van der Waals surface area (Å²) in [5.41, 5.74) is 1.35. The summed E-state index contributed by atoms with van der Waals surface area (Å²) in [5, 5.41) is 0. The predicted octanol–water partition coefficient (Wildman–Crippen LogP) is 1.48. The number of hydrogen-bond acceptors (Lipinski definition) is 3. The van der Waals surface area contributed by atoms with Crippen molar-refractivity contribution in [2.45, 2.75) is 33.3 Å². The van der Waals surface area contributed by atoms with Crippen LogP contribution < -0.4 is 5.56 Å². The molecule has 1 N–H and O–H groups in total. The zero-order valence-electron chi connectivity index (χ0n) is 9.05. The zero-order chi connectivity index (χ0) is 10.7. The molecule has 1 unspecified atom stereocenters. The molecule has 0 aliphatic rings. The van der Waals surface area contributed by atoms with Crippen molar-refractivity contribution >= 4 is 0 Å². The molecule has 1 aromatic heterocycles. The summed E-state index contributed by atoms with van der Waals surface area (Å²) in [7, 11) is 1.61. The summed E-state index contributed by atoms with van der Waals surface area (Å²) in [6.45, 7) is 5.58. The third-order valence-corrected chi connectivity index (χ3v) is 2.37. The van der Waals surface area contributed by atoms with Gasteiger partial charge in [0.1, 0.15) is 11.9 Å². The maximum atomic E-state index is 11.4. The van der Waals surface area contributed by atoms with Gasteiger partial charge in [0.25, 0.3) is 5.56 Å². The molecule has 0 radical (unpaired) electrons. The van der Waals surface area contributed by atoms with Crippen molar-refractivity contribution in [2.24, 2.45) is 0 Å². The minimum atomic E-state index is -0.123. The second-order valence-electron chi connectivity index (χ2n) is 3.29. The highest BCUT2D eigenvalue weighted by Gasteiger charge is 2.12. The van der Waals surface area contributed by atoms with Gasteiger partial charge < -0.3 is 9.72 Å². The number of aromatic nitrogens is 2. The van der Waals surface area contributed by atoms with E-state index in [1.165, 1.54) is 0 Å². The molecule has 4 nitrogen and oxygen atoms in total. The first-order chi connectivity index (χ1) is 6.60. The van der Waals surface area contributed by atoms with Gasteiger partial charge in [-0.15, -0.1) is 0 Å². The van der Waals surface area contributed by atoms with Gasteiger partial charge in [-0.25, -0.2) is 4.98 Å². The molecule has 78 valence electrons. The van der Waals surface area contributed by atoms with Crippen molar-refractivity contribution in [3.05, 3.63) is 27.4 Å². The molecule has 1 atom stereocenters. The number of nitrogens with zero attached hydrogens (tertiary/aromatic N) is 1. The Kier molecular flexibility index (Phi) is 3.41. The summed E-state index contributed by atoms with van der Waals surface area (Å²) >= 11 is 0. The highest BCUT2D eigenvalue weighted by atomic mass is 16.5. The molecule has 0 aromatic carbocycles. The maximum absolute atomic E-state index is 11.4. The third kappa shape index (κ3) is 2.01. The molecule has 1 rings (SSSR count). The molecule has 0 fully saturated rings. The van der Waals surface area contributed by atoms with E-state index in [2.05, 4.69) is 9.97 Å². The van der Waals surface area contributed by atoms with Crippen LogP contribution in [0.4, 0.5) is 0 Å². The van der Waals surface area contributed by atoms with Gasteiger partial charge >= 0.3 is 0 Å². The molecular formula is C10H16N2O2. The molecule has 0 spiro atoms. The maximum Gasteiger partial charge on any atom is 0.254 e. The fourth-order valence-corrected chi connectivity index (χ4v) is 1.29. The Labute approximate surface area is 83.3 Å². The highest BCUT2D eigenvalue weighted by molar-refractivity contribution is 5.14. The second kappa shape index (κ2) is 4.37. The first kappa shape index (κ1) is 10.9. The van der Waals surface area contributed by atoms with Crippen LogP contribution in [0.15, 0.2) is 4.79 Å². The van der Waals surface area contributed by atoms with Crippen LogP contribution in [0.1, 0.15) is 36.5 Å². The quantitative estimate of drug-likeness (QED) is 0.796. The number of hydrogen-bond donors (Lipinski definition) is 1. The lowest BCUT2D eigenvalue weighted by Crippen LogP contribution is -2.19. The Morgan fingerprint density at radius 3 is 2.57 bits per heavy atom. The van der Waals surface area contributed by atoms with E-state index in [1.807, 2.05) is 13.8 Å². The van der Waals surface area contributed by atoms with Crippen LogP contribution in [-0.2, 0) is 4.74 Å². The SMILES string of the molecule is CCC(OC)c1nc(C)c(C)c(=O)[nH]1. The van der Waals surface area contributed by atoms with Crippen LogP contribution >= 0.6 is 0 Å². The molecule has 0 aliphatic heterocycles. The van der Waals surface area contributed by atoms with E-state index in [1.54, 1.807) is 14.0 Å². The normalized spacial score (nSPS) is 12.9. The number of ether oxygens (including phenoxy) is 1. The fraction of sp³-hybridized carbons (Fsp3) is 0.600. The molecule has 1 heterocycles. The van der Waals surface area contributed by atoms with E-state index in [0.717, 1.165) is 12.1 Å². The molecule has 14 heavy (non-hydrogen) atoms. The van der Waals surface area contributed by atoms with Crippen LogP contribution in [0, 0.1) is 13.8 Å². The molecule has 0 saturated heterocycles. The Hall–Kier alpha value is -1.16. The molecule has 0 bridgehead atoms. The van der Waals surface area contributed by atoms with E-state index in [-0.39, 0.29) is 11.7 Å². The van der Waals surface area contributed by atoms with Gasteiger partial charge in [-0.3, -0.25) is 4.79 Å². The number of aromatic amines is 1. The van der Waals surface area contributed by atoms with Crippen LogP contribution in [0.2, 0.25) is 0 Å². The van der Waals surface area contributed by atoms with Gasteiger partial charge in [-0.1, -0.05) is 6.92 Å². The lowest BCUT2D eigenvalue weighted by atomic mass is 10.2. The summed E-state index contributed by atoms with van der Waals surface area (Å²) in [4.78, 5) is 18.5. The summed E-state index contributed by atoms with van der Waals surface area (Å²) < 4.78 is 5.20. The monoisotopic (exact) mass is 196 g/mol. The van der Waals surface area contributed by atoms with Gasteiger partial charge in [0.15, 0.2) is 0 Å². The number of rotatable bonds is 3. The summed E-state index contributed by atoms with van der Waals surface area (Å²) in [5.74, 6) is 0.614. The third-order valence-electron chi connectivity index (χ3n) is 2.37. The molecule has 4 heteroatoms. The van der Waals surface area contributed by atoms with Gasteiger partial charge in [0, 0.05) is 18.4 Å². The van der Waals surface area contributed by atoms with Gasteiger partial charge in [-0.05, 0) is 20.3 Å². The van der Waals surface area contributed by atoms with E-state index in [4.69, 9.17) is 4.74 Å². The number of methoxy groups -OCH3 is 1. The first-order valence-corrected chi connectivity index (χ1v) is 4.70. The minimum Gasteiger partial charge on any atom is -0.374 e. The minimum absolute atomic E-state index is 0.0806. The van der Waals surface area contributed by atoms with E-state index < -0.39 is 0 Å². The van der Waals surface area contributed by atoms with Crippen molar-refractivity contribution in [1.29, 1.82) is 0 Å². The topological polar surface area (TPSA) is 55.0 Å². The summed E-state index contributed by atoms with van der Waals surface area (Å²) in [6, 6.07) is 0. The van der Waals surface area contributed by atoms with Crippen LogP contribution in [0.5, 0.6) is 0 Å². The van der Waals surface area contributed by atoms with Crippen LogP contribution in [0.25, 0.3) is 0 Å². The smallest absolute Gasteiger partial charge is 0.254 e. The number of aryl methyl sites for hydroxylation is 1. The van der Waals surface area contributed by atoms with E-state index >= 15 is 0 Å². The fourth-order valence-electron chi connectivity index (χ4n) is 1.29. The van der Waals surface area contributed by atoms with Crippen molar-refractivity contribution in [1.82, 2.24) is 9.97 Å². The number of H-pyrrole nitrogens is 1. The largest absolute Gasteiger partial charge is 0.374 e. The predicted molar refractivity (Wildman–Crippen MR) is 54.4 cm³/mol. The molecular weight excluding hydrogens is 180 g/mol. The Bertz CT molecular complexity index is 367. The molecule has 0 saturated carbocycles. The Morgan fingerprint density at radius 1 is 1.50 bits per heavy atom. The van der Waals surface area contributed by atoms with E-state index in [0.29, 0.717) is 11.4 Å². The molecule has 0 aliphatic carbocycles. The van der Waals surface area contributed by atoms with Crippen molar-refractivity contribution in [2.75, 3.05) is 7.11 Å². The lowest BCUT2D eigenvalue weighted by molar-refractivity contribution is 0.0921. The van der Waals surface area contributed by atoms with Crippen molar-refractivity contribution in [3.63, 3.8) is 0 Å². The van der Waals surface area contributed by atoms with Crippen molar-refractivity contribution < 1.29 is 4.74 Å². The second-order valence-corrected chi connectivity index (χ2v) is 3.29. The Balaban J connectivity index is 3.18. The van der Waals surface area contributed by atoms with Crippen LogP contribution in [-0.4, -0.2) is 17.1 Å². The average molecular weight is 196 g/mol. The summed E-state index contributed by atoms with van der Waals surface area (Å²) in [6.07, 6.45) is 0.670. The zero-order valence-corrected chi connectivity index (χ0v) is 9.05. The Morgan fingerprint density at radius 2 is 2.14 bits per heavy atom. The highest BCUT2D eigenvalue weighted by Crippen LogP contribution is 2.15. The standard InChI is InChI=1S/C10H16N2O2/c1-5-8(14-4)9-11-7(3)6(2)10(13)12-9/h8H,5H2,1-4H3,(H,11,12,13). The van der Waals surface area contributed by atoms with E-state index in [9.17, 15) is 4.79 Å². The van der Waals surface area contributed by atoms with Gasteiger partial charge in [-0.2, -0.15) is 0 Å².